The van der Waals surface area contributed by atoms with Crippen molar-refractivity contribution in [1.29, 1.82) is 0 Å². The fourth-order valence-electron chi connectivity index (χ4n) is 3.02. The molecule has 0 saturated carbocycles. The second kappa shape index (κ2) is 13.0. The zero-order chi connectivity index (χ0) is 24.3. The van der Waals surface area contributed by atoms with Crippen LogP contribution in [0, 0.1) is 6.92 Å². The number of ether oxygens (including phenoxy) is 1. The number of carbonyl (C=O) groups is 3. The molecule has 0 aliphatic heterocycles. The van der Waals surface area contributed by atoms with Gasteiger partial charge in [0.25, 0.3) is 0 Å². The van der Waals surface area contributed by atoms with E-state index in [0.717, 1.165) is 18.4 Å². The second-order valence-corrected chi connectivity index (χ2v) is 8.59. The van der Waals surface area contributed by atoms with Gasteiger partial charge in [0.05, 0.1) is 13.2 Å². The molecule has 2 unspecified atom stereocenters. The van der Waals surface area contributed by atoms with Crippen molar-refractivity contribution in [1.82, 2.24) is 15.5 Å². The van der Waals surface area contributed by atoms with Crippen LogP contribution in [0.4, 0.5) is 4.79 Å². The summed E-state index contributed by atoms with van der Waals surface area (Å²) in [5, 5.41) is 24.6. The van der Waals surface area contributed by atoms with Crippen molar-refractivity contribution in [2.45, 2.75) is 65.1 Å². The molecular weight excluding hydrogens is 414 g/mol. The van der Waals surface area contributed by atoms with Gasteiger partial charge in [-0.1, -0.05) is 43.2 Å². The fraction of sp³-hybridized carbons (Fsp3) is 0.609. The van der Waals surface area contributed by atoms with Gasteiger partial charge in [-0.25, -0.2) is 4.79 Å². The van der Waals surface area contributed by atoms with E-state index in [1.54, 1.807) is 32.9 Å². The summed E-state index contributed by atoms with van der Waals surface area (Å²) in [4.78, 5) is 39.7. The zero-order valence-corrected chi connectivity index (χ0v) is 19.7. The SMILES string of the molecule is CCCCNC(=O)C(c1ccc(C)cc1)N(CCO)C(=O)C(CO)NC(=O)OC(C)(C)C. The number of hydrogen-bond acceptors (Lipinski definition) is 6. The predicted molar refractivity (Wildman–Crippen MR) is 121 cm³/mol. The maximum absolute atomic E-state index is 13.3. The highest BCUT2D eigenvalue weighted by Crippen LogP contribution is 2.23. The van der Waals surface area contributed by atoms with Gasteiger partial charge in [-0.05, 0) is 39.7 Å². The summed E-state index contributed by atoms with van der Waals surface area (Å²) < 4.78 is 5.17. The van der Waals surface area contributed by atoms with E-state index in [-0.39, 0.29) is 6.54 Å². The third-order valence-corrected chi connectivity index (χ3v) is 4.58. The number of alkyl carbamates (subject to hydrolysis) is 1. The Labute approximate surface area is 190 Å². The number of aryl methyl sites for hydroxylation is 1. The Morgan fingerprint density at radius 1 is 1.12 bits per heavy atom. The van der Waals surface area contributed by atoms with E-state index in [1.165, 1.54) is 4.90 Å². The smallest absolute Gasteiger partial charge is 0.408 e. The molecule has 180 valence electrons. The summed E-state index contributed by atoms with van der Waals surface area (Å²) >= 11 is 0. The van der Waals surface area contributed by atoms with Crippen LogP contribution in [-0.2, 0) is 14.3 Å². The van der Waals surface area contributed by atoms with E-state index >= 15 is 0 Å². The Balaban J connectivity index is 3.23. The number of rotatable bonds is 11. The van der Waals surface area contributed by atoms with Crippen LogP contribution in [0.3, 0.4) is 0 Å². The van der Waals surface area contributed by atoms with Gasteiger partial charge in [-0.2, -0.15) is 0 Å². The second-order valence-electron chi connectivity index (χ2n) is 8.59. The zero-order valence-electron chi connectivity index (χ0n) is 19.7. The summed E-state index contributed by atoms with van der Waals surface area (Å²) in [7, 11) is 0. The maximum atomic E-state index is 13.3. The molecule has 1 rings (SSSR count). The molecule has 9 heteroatoms. The van der Waals surface area contributed by atoms with Crippen LogP contribution in [0.2, 0.25) is 0 Å². The first-order valence-corrected chi connectivity index (χ1v) is 10.9. The van der Waals surface area contributed by atoms with Crippen LogP contribution in [0.5, 0.6) is 0 Å². The lowest BCUT2D eigenvalue weighted by Crippen LogP contribution is -2.55. The minimum atomic E-state index is -1.34. The molecule has 4 N–H and O–H groups in total. The maximum Gasteiger partial charge on any atom is 0.408 e. The average Bonchev–Trinajstić information content (AvgIpc) is 2.71. The number of aliphatic hydroxyl groups excluding tert-OH is 2. The molecule has 0 fully saturated rings. The highest BCUT2D eigenvalue weighted by atomic mass is 16.6. The lowest BCUT2D eigenvalue weighted by Gasteiger charge is -2.33. The predicted octanol–water partition coefficient (Wildman–Crippen LogP) is 1.66. The Morgan fingerprint density at radius 3 is 2.25 bits per heavy atom. The molecule has 32 heavy (non-hydrogen) atoms. The van der Waals surface area contributed by atoms with Gasteiger partial charge in [0.1, 0.15) is 17.7 Å². The molecule has 1 aromatic carbocycles. The summed E-state index contributed by atoms with van der Waals surface area (Å²) in [6, 6.07) is 4.75. The Kier molecular flexibility index (Phi) is 11.1. The molecule has 0 spiro atoms. The average molecular weight is 452 g/mol. The van der Waals surface area contributed by atoms with Crippen molar-refractivity contribution in [2.24, 2.45) is 0 Å². The molecule has 0 radical (unpaired) electrons. The highest BCUT2D eigenvalue weighted by Gasteiger charge is 2.35. The van der Waals surface area contributed by atoms with Crippen LogP contribution in [0.15, 0.2) is 24.3 Å². The van der Waals surface area contributed by atoms with Gasteiger partial charge in [0.15, 0.2) is 0 Å². The van der Waals surface area contributed by atoms with Gasteiger partial charge in [0, 0.05) is 13.1 Å². The van der Waals surface area contributed by atoms with Gasteiger partial charge < -0.3 is 30.5 Å². The minimum Gasteiger partial charge on any atom is -0.444 e. The molecule has 0 aromatic heterocycles. The normalized spacial score (nSPS) is 13.1. The molecule has 0 heterocycles. The third kappa shape index (κ3) is 8.84. The number of hydrogen-bond donors (Lipinski definition) is 4. The Bertz CT molecular complexity index is 745. The number of amides is 3. The molecular formula is C23H37N3O6. The number of aliphatic hydroxyl groups is 2. The standard InChI is InChI=1S/C23H37N3O6/c1-6-7-12-24-20(29)19(17-10-8-16(2)9-11-17)26(13-14-27)21(30)18(15-28)25-22(31)32-23(3,4)5/h8-11,18-19,27-28H,6-7,12-15H2,1-5H3,(H,24,29)(H,25,31). The Hall–Kier alpha value is -2.65. The molecule has 0 saturated heterocycles. The van der Waals surface area contributed by atoms with Crippen LogP contribution in [0.1, 0.15) is 57.7 Å². The first-order chi connectivity index (χ1) is 15.0. The fourth-order valence-corrected chi connectivity index (χ4v) is 3.02. The summed E-state index contributed by atoms with van der Waals surface area (Å²) in [6.07, 6.45) is 0.800. The topological polar surface area (TPSA) is 128 Å². The molecule has 2 atom stereocenters. The number of nitrogens with zero attached hydrogens (tertiary/aromatic N) is 1. The molecule has 9 nitrogen and oxygen atoms in total. The van der Waals surface area contributed by atoms with Crippen molar-refractivity contribution in [3.8, 4) is 0 Å². The number of nitrogens with one attached hydrogen (secondary N) is 2. The molecule has 0 bridgehead atoms. The van der Waals surface area contributed by atoms with E-state index in [1.807, 2.05) is 26.0 Å². The summed E-state index contributed by atoms with van der Waals surface area (Å²) in [5.74, 6) is -1.11. The number of unbranched alkanes of at least 4 members (excludes halogenated alkanes) is 1. The van der Waals surface area contributed by atoms with Gasteiger partial charge >= 0.3 is 6.09 Å². The first kappa shape index (κ1) is 27.4. The van der Waals surface area contributed by atoms with Crippen LogP contribution >= 0.6 is 0 Å². The van der Waals surface area contributed by atoms with E-state index in [4.69, 9.17) is 4.74 Å². The third-order valence-electron chi connectivity index (χ3n) is 4.58. The van der Waals surface area contributed by atoms with E-state index in [0.29, 0.717) is 12.1 Å². The molecule has 3 amide bonds. The number of carbonyl (C=O) groups excluding carboxylic acids is 3. The van der Waals surface area contributed by atoms with Crippen molar-refractivity contribution in [2.75, 3.05) is 26.3 Å². The van der Waals surface area contributed by atoms with Crippen LogP contribution in [-0.4, -0.2) is 71.0 Å². The van der Waals surface area contributed by atoms with E-state index in [9.17, 15) is 24.6 Å². The molecule has 0 aliphatic carbocycles. The van der Waals surface area contributed by atoms with Gasteiger partial charge in [-0.15, -0.1) is 0 Å². The molecule has 0 aliphatic rings. The largest absolute Gasteiger partial charge is 0.444 e. The van der Waals surface area contributed by atoms with Crippen molar-refractivity contribution >= 4 is 17.9 Å². The highest BCUT2D eigenvalue weighted by molar-refractivity contribution is 5.92. The van der Waals surface area contributed by atoms with Crippen molar-refractivity contribution in [3.05, 3.63) is 35.4 Å². The minimum absolute atomic E-state index is 0.162. The lowest BCUT2D eigenvalue weighted by atomic mass is 10.0. The van der Waals surface area contributed by atoms with Gasteiger partial charge in [-0.3, -0.25) is 9.59 Å². The van der Waals surface area contributed by atoms with Crippen LogP contribution in [0.25, 0.3) is 0 Å². The lowest BCUT2D eigenvalue weighted by molar-refractivity contribution is -0.143. The summed E-state index contributed by atoms with van der Waals surface area (Å²) in [6.45, 7) is 8.11. The van der Waals surface area contributed by atoms with Crippen LogP contribution < -0.4 is 10.6 Å². The number of benzene rings is 1. The quantitative estimate of drug-likeness (QED) is 0.379. The van der Waals surface area contributed by atoms with Gasteiger partial charge in [0.2, 0.25) is 11.8 Å². The van der Waals surface area contributed by atoms with E-state index in [2.05, 4.69) is 10.6 Å². The van der Waals surface area contributed by atoms with Crippen molar-refractivity contribution in [3.63, 3.8) is 0 Å². The Morgan fingerprint density at radius 2 is 1.75 bits per heavy atom. The van der Waals surface area contributed by atoms with Crippen molar-refractivity contribution < 1.29 is 29.3 Å². The monoisotopic (exact) mass is 451 g/mol. The molecule has 1 aromatic rings. The van der Waals surface area contributed by atoms with E-state index < -0.39 is 48.8 Å². The summed E-state index contributed by atoms with van der Waals surface area (Å²) in [5.41, 5.74) is 0.751. The first-order valence-electron chi connectivity index (χ1n) is 10.9.